The van der Waals surface area contributed by atoms with E-state index in [2.05, 4.69) is 20.3 Å². The van der Waals surface area contributed by atoms with Gasteiger partial charge in [-0.1, -0.05) is 6.92 Å². The number of pyridine rings is 1. The van der Waals surface area contributed by atoms with Gasteiger partial charge in [-0.15, -0.1) is 0 Å². The fourth-order valence-electron chi connectivity index (χ4n) is 4.15. The number of hydrogen-bond acceptors (Lipinski definition) is 7. The number of ether oxygens (including phenoxy) is 2. The smallest absolute Gasteiger partial charge is 0.268 e. The molecule has 1 N–H and O–H groups in total. The maximum Gasteiger partial charge on any atom is 0.268 e. The number of aromatic nitrogens is 3. The van der Waals surface area contributed by atoms with E-state index in [1.54, 1.807) is 29.4 Å². The molecule has 1 aliphatic rings. The molecule has 1 aromatic carbocycles. The van der Waals surface area contributed by atoms with Gasteiger partial charge in [-0.25, -0.2) is 19.3 Å². The van der Waals surface area contributed by atoms with Crippen LogP contribution in [0.3, 0.4) is 0 Å². The first-order valence-corrected chi connectivity index (χ1v) is 12.8. The minimum atomic E-state index is -0.648. The summed E-state index contributed by atoms with van der Waals surface area (Å²) in [6.07, 6.45) is 6.62. The fraction of sp³-hybridized carbons (Fsp3) is 0.393. The molecule has 3 aromatic rings. The van der Waals surface area contributed by atoms with Gasteiger partial charge < -0.3 is 19.7 Å². The average molecular weight is 522 g/mol. The Balaban J connectivity index is 1.29. The van der Waals surface area contributed by atoms with Crippen molar-refractivity contribution >= 4 is 17.5 Å². The second kappa shape index (κ2) is 12.4. The van der Waals surface area contributed by atoms with Crippen LogP contribution in [0.2, 0.25) is 0 Å². The molecular formula is C28H32FN5O4. The van der Waals surface area contributed by atoms with Crippen LogP contribution in [0.1, 0.15) is 45.9 Å². The summed E-state index contributed by atoms with van der Waals surface area (Å²) in [5.74, 6) is 1.31. The van der Waals surface area contributed by atoms with Crippen molar-refractivity contribution in [1.29, 1.82) is 0 Å². The van der Waals surface area contributed by atoms with Crippen LogP contribution in [0, 0.1) is 11.7 Å². The van der Waals surface area contributed by atoms with Gasteiger partial charge in [0.2, 0.25) is 11.8 Å². The molecule has 4 rings (SSSR count). The molecule has 1 aliphatic heterocycles. The molecule has 2 amide bonds. The molecule has 0 aliphatic carbocycles. The first-order valence-electron chi connectivity index (χ1n) is 12.8. The average Bonchev–Trinajstić information content (AvgIpc) is 3.26. The van der Waals surface area contributed by atoms with Gasteiger partial charge in [-0.3, -0.25) is 9.59 Å². The van der Waals surface area contributed by atoms with E-state index in [0.29, 0.717) is 54.7 Å². The Kier molecular flexibility index (Phi) is 8.83. The normalized spacial score (nSPS) is 16.0. The van der Waals surface area contributed by atoms with Crippen molar-refractivity contribution in [1.82, 2.24) is 20.3 Å². The van der Waals surface area contributed by atoms with Crippen molar-refractivity contribution < 1.29 is 23.5 Å². The van der Waals surface area contributed by atoms with Crippen LogP contribution in [0.4, 0.5) is 10.1 Å². The topological polar surface area (TPSA) is 107 Å². The maximum atomic E-state index is 13.0. The van der Waals surface area contributed by atoms with Gasteiger partial charge in [0.15, 0.2) is 6.10 Å². The number of aryl methyl sites for hydroxylation is 1. The van der Waals surface area contributed by atoms with Crippen molar-refractivity contribution in [2.45, 2.75) is 58.6 Å². The zero-order valence-corrected chi connectivity index (χ0v) is 21.8. The highest BCUT2D eigenvalue weighted by atomic mass is 19.1. The minimum absolute atomic E-state index is 0.0538. The van der Waals surface area contributed by atoms with Crippen LogP contribution < -0.4 is 19.7 Å². The van der Waals surface area contributed by atoms with E-state index in [0.717, 1.165) is 6.42 Å². The number of amides is 2. The Hall–Kier alpha value is -4.08. The molecule has 2 aromatic heterocycles. The van der Waals surface area contributed by atoms with Crippen LogP contribution in [-0.2, 0) is 16.0 Å². The Morgan fingerprint density at radius 1 is 1.08 bits per heavy atom. The molecule has 38 heavy (non-hydrogen) atoms. The van der Waals surface area contributed by atoms with Gasteiger partial charge in [0.25, 0.3) is 5.91 Å². The van der Waals surface area contributed by atoms with E-state index in [1.165, 1.54) is 30.5 Å². The van der Waals surface area contributed by atoms with Crippen LogP contribution in [0.15, 0.2) is 55.0 Å². The molecule has 0 spiro atoms. The van der Waals surface area contributed by atoms with E-state index in [1.807, 2.05) is 20.8 Å². The van der Waals surface area contributed by atoms with Gasteiger partial charge in [-0.2, -0.15) is 0 Å². The number of carbonyl (C=O) groups is 2. The Labute approximate surface area is 221 Å². The Bertz CT molecular complexity index is 1220. The van der Waals surface area contributed by atoms with Crippen molar-refractivity contribution in [2.75, 3.05) is 11.4 Å². The van der Waals surface area contributed by atoms with Crippen molar-refractivity contribution in [2.24, 2.45) is 5.92 Å². The van der Waals surface area contributed by atoms with E-state index >= 15 is 0 Å². The third kappa shape index (κ3) is 7.02. The highest BCUT2D eigenvalue weighted by molar-refractivity contribution is 5.98. The molecule has 200 valence electrons. The van der Waals surface area contributed by atoms with Crippen LogP contribution in [0.25, 0.3) is 0 Å². The number of nitrogens with one attached hydrogen (secondary N) is 1. The Morgan fingerprint density at radius 2 is 1.79 bits per heavy atom. The lowest BCUT2D eigenvalue weighted by atomic mass is 9.99. The molecule has 1 saturated heterocycles. The van der Waals surface area contributed by atoms with Gasteiger partial charge in [-0.05, 0) is 57.0 Å². The summed E-state index contributed by atoms with van der Waals surface area (Å²) >= 11 is 0. The summed E-state index contributed by atoms with van der Waals surface area (Å²) in [7, 11) is 0. The summed E-state index contributed by atoms with van der Waals surface area (Å²) in [5, 5.41) is 2.96. The van der Waals surface area contributed by atoms with Crippen LogP contribution in [0.5, 0.6) is 17.4 Å². The molecule has 0 radical (unpaired) electrons. The molecule has 2 atom stereocenters. The third-order valence-electron chi connectivity index (χ3n) is 6.19. The SMILES string of the molecule is CCC(CCc1ncc(N2CC[C@@H](Oc3ccc(Oc4ccc(F)cc4)nc3)C2=O)cn1)C(=O)NC(C)C. The highest BCUT2D eigenvalue weighted by Crippen LogP contribution is 2.26. The van der Waals surface area contributed by atoms with Crippen molar-refractivity contribution in [3.63, 3.8) is 0 Å². The molecule has 1 unspecified atom stereocenters. The lowest BCUT2D eigenvalue weighted by molar-refractivity contribution is -0.126. The summed E-state index contributed by atoms with van der Waals surface area (Å²) in [5.41, 5.74) is 0.607. The maximum absolute atomic E-state index is 13.0. The number of rotatable bonds is 11. The number of hydrogen-bond donors (Lipinski definition) is 1. The number of anilines is 1. The predicted octanol–water partition coefficient (Wildman–Crippen LogP) is 4.47. The number of nitrogens with zero attached hydrogens (tertiary/aromatic N) is 4. The zero-order valence-electron chi connectivity index (χ0n) is 21.8. The van der Waals surface area contributed by atoms with E-state index < -0.39 is 6.10 Å². The molecule has 9 nitrogen and oxygen atoms in total. The number of carbonyl (C=O) groups excluding carboxylic acids is 2. The predicted molar refractivity (Wildman–Crippen MR) is 140 cm³/mol. The molecule has 0 saturated carbocycles. The van der Waals surface area contributed by atoms with Crippen molar-refractivity contribution in [3.05, 3.63) is 66.6 Å². The molecule has 10 heteroatoms. The highest BCUT2D eigenvalue weighted by Gasteiger charge is 2.34. The summed E-state index contributed by atoms with van der Waals surface area (Å²) < 4.78 is 24.5. The molecule has 1 fully saturated rings. The standard InChI is InChI=1S/C28H32FN5O4/c1-4-19(27(35)33-18(2)3)5-11-25-30-15-21(16-31-25)34-14-13-24(28(34)36)37-23-10-12-26(32-17-23)38-22-8-6-20(29)7-9-22/h6-10,12,15-19,24H,4-5,11,13-14H2,1-3H3,(H,33,35)/t19?,24-/m1/s1. The zero-order chi connectivity index (χ0) is 27.1. The summed E-state index contributed by atoms with van der Waals surface area (Å²) in [4.78, 5) is 39.9. The Morgan fingerprint density at radius 3 is 2.42 bits per heavy atom. The molecule has 3 heterocycles. The van der Waals surface area contributed by atoms with Gasteiger partial charge >= 0.3 is 0 Å². The second-order valence-electron chi connectivity index (χ2n) is 9.44. The second-order valence-corrected chi connectivity index (χ2v) is 9.44. The van der Waals surface area contributed by atoms with E-state index in [-0.39, 0.29) is 29.6 Å². The van der Waals surface area contributed by atoms with E-state index in [9.17, 15) is 14.0 Å². The monoisotopic (exact) mass is 521 g/mol. The lowest BCUT2D eigenvalue weighted by Crippen LogP contribution is -2.35. The first-order chi connectivity index (χ1) is 18.3. The van der Waals surface area contributed by atoms with Crippen LogP contribution in [-0.4, -0.2) is 45.5 Å². The van der Waals surface area contributed by atoms with E-state index in [4.69, 9.17) is 9.47 Å². The fourth-order valence-corrected chi connectivity index (χ4v) is 4.15. The number of benzene rings is 1. The minimum Gasteiger partial charge on any atom is -0.479 e. The number of halogens is 1. The lowest BCUT2D eigenvalue weighted by Gasteiger charge is -2.18. The molecule has 0 bridgehead atoms. The molecular weight excluding hydrogens is 489 g/mol. The van der Waals surface area contributed by atoms with Gasteiger partial charge in [0.05, 0.1) is 24.3 Å². The van der Waals surface area contributed by atoms with Gasteiger partial charge in [0.1, 0.15) is 23.1 Å². The summed E-state index contributed by atoms with van der Waals surface area (Å²) in [6.45, 7) is 6.37. The van der Waals surface area contributed by atoms with Crippen molar-refractivity contribution in [3.8, 4) is 17.4 Å². The third-order valence-corrected chi connectivity index (χ3v) is 6.19. The largest absolute Gasteiger partial charge is 0.479 e. The quantitative estimate of drug-likeness (QED) is 0.397. The summed E-state index contributed by atoms with van der Waals surface area (Å²) in [6, 6.07) is 9.03. The first kappa shape index (κ1) is 27.0. The van der Waals surface area contributed by atoms with Crippen LogP contribution >= 0.6 is 0 Å². The van der Waals surface area contributed by atoms with Gasteiger partial charge in [0, 0.05) is 37.4 Å².